The van der Waals surface area contributed by atoms with Gasteiger partial charge >= 0.3 is 6.18 Å². The van der Waals surface area contributed by atoms with E-state index in [0.717, 1.165) is 12.1 Å². The number of hydrogen-bond acceptors (Lipinski definition) is 4. The molecule has 0 aliphatic heterocycles. The molecule has 1 aromatic rings. The predicted molar refractivity (Wildman–Crippen MR) is 60.8 cm³/mol. The van der Waals surface area contributed by atoms with Crippen LogP contribution in [0.2, 0.25) is 0 Å². The van der Waals surface area contributed by atoms with Crippen LogP contribution in [0, 0.1) is 0 Å². The summed E-state index contributed by atoms with van der Waals surface area (Å²) in [6.45, 7) is -1.94. The lowest BCUT2D eigenvalue weighted by molar-refractivity contribution is -0.140. The van der Waals surface area contributed by atoms with E-state index in [0.29, 0.717) is 4.90 Å². The number of carbonyl (C=O) groups is 1. The second-order valence-electron chi connectivity index (χ2n) is 3.80. The number of phenols is 2. The molecule has 1 amide bonds. The minimum atomic E-state index is -4.57. The number of para-hydroxylation sites is 1. The second-order valence-corrected chi connectivity index (χ2v) is 3.80. The molecule has 1 aromatic carbocycles. The normalized spacial score (nSPS) is 11.4. The van der Waals surface area contributed by atoms with E-state index in [4.69, 9.17) is 5.73 Å². The Hall–Kier alpha value is -1.96. The molecule has 19 heavy (non-hydrogen) atoms. The quantitative estimate of drug-likeness (QED) is 0.719. The molecule has 0 spiro atoms. The third kappa shape index (κ3) is 4.02. The molecule has 0 saturated carbocycles. The van der Waals surface area contributed by atoms with Crippen LogP contribution in [0.1, 0.15) is 10.4 Å². The molecule has 0 unspecified atom stereocenters. The first-order valence-electron chi connectivity index (χ1n) is 5.33. The van der Waals surface area contributed by atoms with E-state index < -0.39 is 35.7 Å². The van der Waals surface area contributed by atoms with Crippen LogP contribution < -0.4 is 5.73 Å². The van der Waals surface area contributed by atoms with Crippen molar-refractivity contribution in [3.63, 3.8) is 0 Å². The lowest BCUT2D eigenvalue weighted by atomic mass is 10.1. The number of hydrogen-bond donors (Lipinski definition) is 3. The van der Waals surface area contributed by atoms with E-state index >= 15 is 0 Å². The Bertz CT molecular complexity index is 463. The van der Waals surface area contributed by atoms with Gasteiger partial charge in [-0.1, -0.05) is 6.07 Å². The van der Waals surface area contributed by atoms with Crippen LogP contribution in [0.5, 0.6) is 11.5 Å². The molecule has 0 heterocycles. The summed E-state index contributed by atoms with van der Waals surface area (Å²) in [6.07, 6.45) is -4.57. The molecule has 0 aliphatic rings. The van der Waals surface area contributed by atoms with E-state index in [9.17, 15) is 28.2 Å². The van der Waals surface area contributed by atoms with Gasteiger partial charge in [-0.05, 0) is 12.1 Å². The van der Waals surface area contributed by atoms with Crippen LogP contribution >= 0.6 is 0 Å². The monoisotopic (exact) mass is 278 g/mol. The van der Waals surface area contributed by atoms with E-state index in [2.05, 4.69) is 0 Å². The van der Waals surface area contributed by atoms with E-state index in [1.807, 2.05) is 0 Å². The standard InChI is InChI=1S/C11H13F3N2O3/c12-11(13,14)6-16(5-4-15)10(19)7-2-1-3-8(17)9(7)18/h1-3,17-18H,4-6,15H2. The molecule has 0 bridgehead atoms. The predicted octanol–water partition coefficient (Wildman–Crippen LogP) is 1.06. The highest BCUT2D eigenvalue weighted by atomic mass is 19.4. The van der Waals surface area contributed by atoms with Gasteiger partial charge in [-0.3, -0.25) is 4.79 Å². The fourth-order valence-corrected chi connectivity index (χ4v) is 1.50. The molecule has 5 nitrogen and oxygen atoms in total. The second kappa shape index (κ2) is 5.79. The van der Waals surface area contributed by atoms with E-state index in [-0.39, 0.29) is 13.1 Å². The summed E-state index contributed by atoms with van der Waals surface area (Å²) in [5.74, 6) is -2.38. The van der Waals surface area contributed by atoms with Crippen LogP contribution in [-0.4, -0.2) is 46.8 Å². The third-order valence-electron chi connectivity index (χ3n) is 2.30. The molecule has 0 radical (unpaired) electrons. The van der Waals surface area contributed by atoms with Gasteiger partial charge in [-0.15, -0.1) is 0 Å². The molecule has 4 N–H and O–H groups in total. The van der Waals surface area contributed by atoms with Crippen molar-refractivity contribution in [2.75, 3.05) is 19.6 Å². The summed E-state index contributed by atoms with van der Waals surface area (Å²) in [4.78, 5) is 12.4. The number of amides is 1. The largest absolute Gasteiger partial charge is 0.504 e. The highest BCUT2D eigenvalue weighted by Crippen LogP contribution is 2.29. The fourth-order valence-electron chi connectivity index (χ4n) is 1.50. The van der Waals surface area contributed by atoms with Crippen LogP contribution in [0.3, 0.4) is 0 Å². The molecule has 106 valence electrons. The Morgan fingerprint density at radius 2 is 1.95 bits per heavy atom. The zero-order valence-corrected chi connectivity index (χ0v) is 9.81. The number of rotatable bonds is 4. The van der Waals surface area contributed by atoms with Crippen molar-refractivity contribution < 1.29 is 28.2 Å². The van der Waals surface area contributed by atoms with Gasteiger partial charge in [0.15, 0.2) is 11.5 Å². The van der Waals surface area contributed by atoms with Gasteiger partial charge in [0.05, 0.1) is 5.56 Å². The van der Waals surface area contributed by atoms with Gasteiger partial charge in [-0.2, -0.15) is 13.2 Å². The Morgan fingerprint density at radius 1 is 1.32 bits per heavy atom. The molecule has 0 fully saturated rings. The summed E-state index contributed by atoms with van der Waals surface area (Å²) in [6, 6.07) is 3.48. The number of aromatic hydroxyl groups is 2. The Labute approximate surface area is 107 Å². The van der Waals surface area contributed by atoms with Crippen molar-refractivity contribution in [3.05, 3.63) is 23.8 Å². The summed E-state index contributed by atoms with van der Waals surface area (Å²) in [5, 5.41) is 18.7. The van der Waals surface area contributed by atoms with Crippen LogP contribution in [-0.2, 0) is 0 Å². The van der Waals surface area contributed by atoms with Crippen molar-refractivity contribution >= 4 is 5.91 Å². The molecule has 0 saturated heterocycles. The first-order valence-corrected chi connectivity index (χ1v) is 5.33. The minimum Gasteiger partial charge on any atom is -0.504 e. The summed E-state index contributed by atoms with van der Waals surface area (Å²) in [5.41, 5.74) is 4.75. The maximum absolute atomic E-state index is 12.3. The molecular weight excluding hydrogens is 265 g/mol. The van der Waals surface area contributed by atoms with Gasteiger partial charge < -0.3 is 20.8 Å². The zero-order valence-electron chi connectivity index (χ0n) is 9.81. The number of phenolic OH excluding ortho intramolecular Hbond substituents is 2. The number of alkyl halides is 3. The molecule has 0 aromatic heterocycles. The number of benzene rings is 1. The fraction of sp³-hybridized carbons (Fsp3) is 0.364. The number of nitrogens with two attached hydrogens (primary N) is 1. The molecule has 0 aliphatic carbocycles. The zero-order chi connectivity index (χ0) is 14.6. The van der Waals surface area contributed by atoms with Gasteiger partial charge in [0.2, 0.25) is 0 Å². The first-order chi connectivity index (χ1) is 8.76. The highest BCUT2D eigenvalue weighted by molar-refractivity contribution is 5.97. The number of nitrogens with zero attached hydrogens (tertiary/aromatic N) is 1. The Kier molecular flexibility index (Phi) is 4.60. The van der Waals surface area contributed by atoms with Gasteiger partial charge in [0.25, 0.3) is 5.91 Å². The van der Waals surface area contributed by atoms with Crippen molar-refractivity contribution in [1.82, 2.24) is 4.90 Å². The molecular formula is C11H13F3N2O3. The molecule has 0 atom stereocenters. The summed E-state index contributed by atoms with van der Waals surface area (Å²) < 4.78 is 37.0. The average Bonchev–Trinajstić information content (AvgIpc) is 2.30. The van der Waals surface area contributed by atoms with Crippen molar-refractivity contribution in [1.29, 1.82) is 0 Å². The van der Waals surface area contributed by atoms with Gasteiger partial charge in [0, 0.05) is 13.1 Å². The van der Waals surface area contributed by atoms with Crippen LogP contribution in [0.15, 0.2) is 18.2 Å². The van der Waals surface area contributed by atoms with Crippen LogP contribution in [0.25, 0.3) is 0 Å². The van der Waals surface area contributed by atoms with E-state index in [1.165, 1.54) is 6.07 Å². The van der Waals surface area contributed by atoms with Gasteiger partial charge in [0.1, 0.15) is 6.54 Å². The highest BCUT2D eigenvalue weighted by Gasteiger charge is 2.33. The smallest absolute Gasteiger partial charge is 0.406 e. The number of carbonyl (C=O) groups excluding carboxylic acids is 1. The topological polar surface area (TPSA) is 86.8 Å². The maximum atomic E-state index is 12.3. The Morgan fingerprint density at radius 3 is 2.47 bits per heavy atom. The first kappa shape index (κ1) is 15.1. The molecule has 1 rings (SSSR count). The average molecular weight is 278 g/mol. The van der Waals surface area contributed by atoms with Gasteiger partial charge in [-0.25, -0.2) is 0 Å². The SMILES string of the molecule is NCCN(CC(F)(F)F)C(=O)c1cccc(O)c1O. The lowest BCUT2D eigenvalue weighted by Gasteiger charge is -2.23. The van der Waals surface area contributed by atoms with Crippen LogP contribution in [0.4, 0.5) is 13.2 Å². The van der Waals surface area contributed by atoms with Crippen molar-refractivity contribution in [2.45, 2.75) is 6.18 Å². The molecule has 8 heteroatoms. The minimum absolute atomic E-state index is 0.151. The van der Waals surface area contributed by atoms with E-state index in [1.54, 1.807) is 0 Å². The lowest BCUT2D eigenvalue weighted by Crippen LogP contribution is -2.41. The number of halogens is 3. The maximum Gasteiger partial charge on any atom is 0.406 e. The Balaban J connectivity index is 3.02. The third-order valence-corrected chi connectivity index (χ3v) is 2.30. The van der Waals surface area contributed by atoms with Crippen molar-refractivity contribution in [2.24, 2.45) is 5.73 Å². The summed E-state index contributed by atoms with van der Waals surface area (Å²) in [7, 11) is 0. The summed E-state index contributed by atoms with van der Waals surface area (Å²) >= 11 is 0. The van der Waals surface area contributed by atoms with Crippen molar-refractivity contribution in [3.8, 4) is 11.5 Å².